The van der Waals surface area contributed by atoms with E-state index < -0.39 is 11.2 Å². The zero-order chi connectivity index (χ0) is 22.4. The van der Waals surface area contributed by atoms with Gasteiger partial charge in [-0.05, 0) is 36.6 Å². The normalized spacial score (nSPS) is 10.6. The molecule has 0 fully saturated rings. The van der Waals surface area contributed by atoms with Crippen molar-refractivity contribution in [2.75, 3.05) is 29.0 Å². The fourth-order valence-electron chi connectivity index (χ4n) is 3.40. The zero-order valence-electron chi connectivity index (χ0n) is 17.7. The SMILES string of the molecule is CCc1cccc(NC(=O)CN(CC)c2c(N)n(Cc3ccccc3)c(=O)[nH]c2=O)c1. The van der Waals surface area contributed by atoms with Gasteiger partial charge in [0.2, 0.25) is 5.91 Å². The van der Waals surface area contributed by atoms with Gasteiger partial charge in [-0.2, -0.15) is 0 Å². The highest BCUT2D eigenvalue weighted by atomic mass is 16.2. The minimum absolute atomic E-state index is 0.0280. The molecule has 4 N–H and O–H groups in total. The highest BCUT2D eigenvalue weighted by Gasteiger charge is 2.20. The van der Waals surface area contributed by atoms with Crippen molar-refractivity contribution in [1.29, 1.82) is 0 Å². The zero-order valence-corrected chi connectivity index (χ0v) is 17.7. The van der Waals surface area contributed by atoms with Gasteiger partial charge in [0.05, 0.1) is 13.1 Å². The Labute approximate surface area is 180 Å². The summed E-state index contributed by atoms with van der Waals surface area (Å²) in [5, 5.41) is 2.85. The maximum atomic E-state index is 12.6. The number of likely N-dealkylation sites (N-methyl/N-ethyl adjacent to an activating group) is 1. The Kier molecular flexibility index (Phi) is 6.92. The second-order valence-electron chi connectivity index (χ2n) is 7.18. The second-order valence-corrected chi connectivity index (χ2v) is 7.18. The van der Waals surface area contributed by atoms with E-state index in [1.54, 1.807) is 4.90 Å². The van der Waals surface area contributed by atoms with Crippen molar-refractivity contribution in [3.63, 3.8) is 0 Å². The number of benzene rings is 2. The largest absolute Gasteiger partial charge is 0.383 e. The van der Waals surface area contributed by atoms with Crippen LogP contribution in [-0.2, 0) is 17.8 Å². The number of aromatic amines is 1. The number of nitrogens with one attached hydrogen (secondary N) is 2. The molecular weight excluding hydrogens is 394 g/mol. The number of rotatable bonds is 8. The van der Waals surface area contributed by atoms with Gasteiger partial charge >= 0.3 is 5.69 Å². The molecule has 2 aromatic carbocycles. The third-order valence-electron chi connectivity index (χ3n) is 5.05. The van der Waals surface area contributed by atoms with Crippen LogP contribution in [0.1, 0.15) is 25.0 Å². The van der Waals surface area contributed by atoms with Crippen molar-refractivity contribution in [2.45, 2.75) is 26.8 Å². The smallest absolute Gasteiger partial charge is 0.330 e. The van der Waals surface area contributed by atoms with Crippen LogP contribution in [0.5, 0.6) is 0 Å². The van der Waals surface area contributed by atoms with Crippen LogP contribution in [0, 0.1) is 0 Å². The lowest BCUT2D eigenvalue weighted by molar-refractivity contribution is -0.115. The van der Waals surface area contributed by atoms with Crippen LogP contribution in [0.2, 0.25) is 0 Å². The summed E-state index contributed by atoms with van der Waals surface area (Å²) >= 11 is 0. The van der Waals surface area contributed by atoms with Crippen LogP contribution in [0.15, 0.2) is 64.2 Å². The highest BCUT2D eigenvalue weighted by Crippen LogP contribution is 2.18. The minimum Gasteiger partial charge on any atom is -0.383 e. The number of amides is 1. The van der Waals surface area contributed by atoms with Gasteiger partial charge in [-0.15, -0.1) is 0 Å². The van der Waals surface area contributed by atoms with Crippen LogP contribution >= 0.6 is 0 Å². The molecule has 0 aliphatic carbocycles. The molecule has 1 heterocycles. The lowest BCUT2D eigenvalue weighted by atomic mass is 10.1. The average molecular weight is 422 g/mol. The first-order valence-electron chi connectivity index (χ1n) is 10.2. The number of aryl methyl sites for hydroxylation is 1. The van der Waals surface area contributed by atoms with Crippen LogP contribution < -0.4 is 27.2 Å². The minimum atomic E-state index is -0.616. The number of carbonyl (C=O) groups is 1. The van der Waals surface area contributed by atoms with E-state index in [9.17, 15) is 14.4 Å². The molecule has 0 unspecified atom stereocenters. The van der Waals surface area contributed by atoms with Crippen molar-refractivity contribution < 1.29 is 4.79 Å². The fourth-order valence-corrected chi connectivity index (χ4v) is 3.40. The van der Waals surface area contributed by atoms with E-state index in [0.29, 0.717) is 12.2 Å². The third-order valence-corrected chi connectivity index (χ3v) is 5.05. The van der Waals surface area contributed by atoms with Gasteiger partial charge in [0.25, 0.3) is 5.56 Å². The molecule has 0 radical (unpaired) electrons. The first-order valence-corrected chi connectivity index (χ1v) is 10.2. The molecule has 3 aromatic rings. The number of hydrogen-bond donors (Lipinski definition) is 3. The van der Waals surface area contributed by atoms with E-state index in [1.165, 1.54) is 4.57 Å². The summed E-state index contributed by atoms with van der Waals surface area (Å²) in [5.41, 5.74) is 7.81. The first-order chi connectivity index (χ1) is 14.9. The van der Waals surface area contributed by atoms with Gasteiger partial charge < -0.3 is 16.0 Å². The monoisotopic (exact) mass is 421 g/mol. The molecule has 0 saturated heterocycles. The molecule has 3 rings (SSSR count). The van der Waals surface area contributed by atoms with E-state index in [-0.39, 0.29) is 30.5 Å². The highest BCUT2D eigenvalue weighted by molar-refractivity contribution is 5.94. The number of nitrogens with two attached hydrogens (primary N) is 1. The molecule has 0 atom stereocenters. The Bertz CT molecular complexity index is 1170. The molecule has 1 aromatic heterocycles. The Balaban J connectivity index is 1.86. The quantitative estimate of drug-likeness (QED) is 0.516. The Morgan fingerprint density at radius 3 is 2.45 bits per heavy atom. The summed E-state index contributed by atoms with van der Waals surface area (Å²) in [6, 6.07) is 16.9. The lowest BCUT2D eigenvalue weighted by Gasteiger charge is -2.24. The third kappa shape index (κ3) is 5.22. The Hall–Kier alpha value is -3.81. The van der Waals surface area contributed by atoms with Crippen molar-refractivity contribution in [3.8, 4) is 0 Å². The maximum absolute atomic E-state index is 12.6. The van der Waals surface area contributed by atoms with Gasteiger partial charge in [-0.3, -0.25) is 19.1 Å². The van der Waals surface area contributed by atoms with E-state index in [1.807, 2.05) is 68.4 Å². The molecule has 8 heteroatoms. The molecule has 1 amide bonds. The summed E-state index contributed by atoms with van der Waals surface area (Å²) < 4.78 is 1.30. The molecule has 0 aliphatic heterocycles. The van der Waals surface area contributed by atoms with Crippen LogP contribution in [0.3, 0.4) is 0 Å². The van der Waals surface area contributed by atoms with Crippen molar-refractivity contribution in [3.05, 3.63) is 86.6 Å². The summed E-state index contributed by atoms with van der Waals surface area (Å²) in [6.07, 6.45) is 0.861. The number of H-pyrrole nitrogens is 1. The summed E-state index contributed by atoms with van der Waals surface area (Å²) in [4.78, 5) is 41.5. The molecule has 31 heavy (non-hydrogen) atoms. The lowest BCUT2D eigenvalue weighted by Crippen LogP contribution is -2.41. The number of nitrogen functional groups attached to an aromatic ring is 1. The predicted molar refractivity (Wildman–Crippen MR) is 124 cm³/mol. The first kappa shape index (κ1) is 21.9. The number of carbonyl (C=O) groups excluding carboxylic acids is 1. The molecule has 0 saturated carbocycles. The fraction of sp³-hybridized carbons (Fsp3) is 0.261. The maximum Gasteiger partial charge on any atom is 0.330 e. The van der Waals surface area contributed by atoms with Gasteiger partial charge in [0, 0.05) is 12.2 Å². The number of nitrogens with zero attached hydrogens (tertiary/aromatic N) is 2. The molecule has 0 aliphatic rings. The van der Waals surface area contributed by atoms with Gasteiger partial charge in [-0.25, -0.2) is 4.79 Å². The molecule has 0 bridgehead atoms. The van der Waals surface area contributed by atoms with E-state index in [0.717, 1.165) is 17.5 Å². The summed E-state index contributed by atoms with van der Waals surface area (Å²) in [7, 11) is 0. The van der Waals surface area contributed by atoms with Gasteiger partial charge in [0.1, 0.15) is 11.5 Å². The standard InChI is InChI=1S/C23H27N5O3/c1-3-16-11-8-12-18(13-16)25-19(29)15-27(4-2)20-21(24)28(23(31)26-22(20)30)14-17-9-6-5-7-10-17/h5-13H,3-4,14-15,24H2,1-2H3,(H,25,29)(H,26,30,31). The van der Waals surface area contributed by atoms with Crippen LogP contribution in [-0.4, -0.2) is 28.5 Å². The van der Waals surface area contributed by atoms with Crippen LogP contribution in [0.4, 0.5) is 17.2 Å². The van der Waals surface area contributed by atoms with E-state index >= 15 is 0 Å². The van der Waals surface area contributed by atoms with Crippen molar-refractivity contribution in [2.24, 2.45) is 0 Å². The average Bonchev–Trinajstić information content (AvgIpc) is 2.76. The summed E-state index contributed by atoms with van der Waals surface area (Å²) in [5.74, 6) is -0.255. The molecular formula is C23H27N5O3. The van der Waals surface area contributed by atoms with Gasteiger partial charge in [-0.1, -0.05) is 49.4 Å². The predicted octanol–water partition coefficient (Wildman–Crippen LogP) is 2.19. The van der Waals surface area contributed by atoms with Crippen molar-refractivity contribution >= 4 is 23.1 Å². The van der Waals surface area contributed by atoms with Crippen LogP contribution in [0.25, 0.3) is 0 Å². The Morgan fingerprint density at radius 2 is 1.77 bits per heavy atom. The molecule has 8 nitrogen and oxygen atoms in total. The number of hydrogen-bond acceptors (Lipinski definition) is 5. The summed E-state index contributed by atoms with van der Waals surface area (Å²) in [6.45, 7) is 4.35. The Morgan fingerprint density at radius 1 is 1.06 bits per heavy atom. The molecule has 162 valence electrons. The number of anilines is 3. The van der Waals surface area contributed by atoms with E-state index in [4.69, 9.17) is 5.73 Å². The van der Waals surface area contributed by atoms with Gasteiger partial charge in [0.15, 0.2) is 0 Å². The molecule has 0 spiro atoms. The second kappa shape index (κ2) is 9.80. The number of aromatic nitrogens is 2. The topological polar surface area (TPSA) is 113 Å². The van der Waals surface area contributed by atoms with E-state index in [2.05, 4.69) is 10.3 Å². The van der Waals surface area contributed by atoms with Crippen molar-refractivity contribution in [1.82, 2.24) is 9.55 Å².